The molecule has 0 saturated carbocycles. The Morgan fingerprint density at radius 1 is 0.941 bits per heavy atom. The van der Waals surface area contributed by atoms with Gasteiger partial charge >= 0.3 is 0 Å². The van der Waals surface area contributed by atoms with Crippen molar-refractivity contribution in [3.8, 4) is 22.4 Å². The maximum absolute atomic E-state index is 13.4. The number of anilines is 1. The van der Waals surface area contributed by atoms with Crippen LogP contribution >= 0.6 is 23.4 Å². The number of aromatic nitrogens is 1. The molecule has 3 aromatic carbocycles. The smallest absolute Gasteiger partial charge is 0.256 e. The van der Waals surface area contributed by atoms with Gasteiger partial charge in [-0.2, -0.15) is 0 Å². The summed E-state index contributed by atoms with van der Waals surface area (Å²) in [6.45, 7) is 0. The van der Waals surface area contributed by atoms with E-state index in [-0.39, 0.29) is 15.8 Å². The van der Waals surface area contributed by atoms with E-state index < -0.39 is 9.84 Å². The topological polar surface area (TPSA) is 76.1 Å². The second kappa shape index (κ2) is 10.0. The third-order valence-corrected chi connectivity index (χ3v) is 7.51. The van der Waals surface area contributed by atoms with Crippen LogP contribution in [0.25, 0.3) is 22.4 Å². The monoisotopic (exact) mass is 508 g/mol. The van der Waals surface area contributed by atoms with Crippen molar-refractivity contribution in [1.29, 1.82) is 0 Å². The van der Waals surface area contributed by atoms with E-state index in [1.54, 1.807) is 30.5 Å². The number of nitrogens with one attached hydrogen (secondary N) is 1. The Morgan fingerprint density at radius 2 is 1.74 bits per heavy atom. The Bertz CT molecular complexity index is 1470. The van der Waals surface area contributed by atoms with Crippen LogP contribution in [0.5, 0.6) is 0 Å². The fraction of sp³-hybridized carbons (Fsp3) is 0.0769. The number of amides is 1. The normalized spacial score (nSPS) is 11.3. The minimum Gasteiger partial charge on any atom is -0.322 e. The summed E-state index contributed by atoms with van der Waals surface area (Å²) in [7, 11) is -3.65. The molecule has 1 aromatic heterocycles. The van der Waals surface area contributed by atoms with Gasteiger partial charge in [0.25, 0.3) is 5.91 Å². The number of nitrogens with zero attached hydrogens (tertiary/aromatic N) is 1. The van der Waals surface area contributed by atoms with Gasteiger partial charge in [-0.25, -0.2) is 8.42 Å². The number of carbonyl (C=O) groups excluding carboxylic acids is 1. The van der Waals surface area contributed by atoms with Crippen molar-refractivity contribution in [2.45, 2.75) is 9.79 Å². The Balaban J connectivity index is 1.78. The zero-order valence-electron chi connectivity index (χ0n) is 18.4. The number of benzene rings is 3. The van der Waals surface area contributed by atoms with E-state index in [9.17, 15) is 13.2 Å². The third-order valence-electron chi connectivity index (χ3n) is 5.18. The maximum atomic E-state index is 13.4. The summed E-state index contributed by atoms with van der Waals surface area (Å²) in [5.41, 5.74) is 3.48. The lowest BCUT2D eigenvalue weighted by molar-refractivity contribution is 0.102. The molecule has 8 heteroatoms. The summed E-state index contributed by atoms with van der Waals surface area (Å²) in [6, 6.07) is 23.3. The number of sulfone groups is 1. The minimum absolute atomic E-state index is 0.00104. The van der Waals surface area contributed by atoms with Crippen molar-refractivity contribution in [3.05, 3.63) is 95.6 Å². The summed E-state index contributed by atoms with van der Waals surface area (Å²) in [6.07, 6.45) is 4.74. The van der Waals surface area contributed by atoms with Gasteiger partial charge in [0.2, 0.25) is 0 Å². The number of hydrogen-bond donors (Lipinski definition) is 1. The zero-order chi connectivity index (χ0) is 24.3. The van der Waals surface area contributed by atoms with Crippen molar-refractivity contribution in [2.24, 2.45) is 0 Å². The molecule has 4 aromatic rings. The number of halogens is 1. The van der Waals surface area contributed by atoms with Crippen LogP contribution in [0.4, 0.5) is 5.69 Å². The van der Waals surface area contributed by atoms with Gasteiger partial charge in [0, 0.05) is 39.7 Å². The zero-order valence-corrected chi connectivity index (χ0v) is 20.8. The lowest BCUT2D eigenvalue weighted by Crippen LogP contribution is -2.14. The first-order valence-corrected chi connectivity index (χ1v) is 13.8. The molecule has 0 spiro atoms. The maximum Gasteiger partial charge on any atom is 0.256 e. The number of hydrogen-bond acceptors (Lipinski definition) is 5. The third kappa shape index (κ3) is 5.17. The van der Waals surface area contributed by atoms with Crippen LogP contribution in [0.15, 0.2) is 94.9 Å². The first-order chi connectivity index (χ1) is 16.3. The van der Waals surface area contributed by atoms with Crippen LogP contribution in [0.2, 0.25) is 5.02 Å². The molecule has 34 heavy (non-hydrogen) atoms. The van der Waals surface area contributed by atoms with Gasteiger partial charge in [0.05, 0.1) is 15.6 Å². The highest BCUT2D eigenvalue weighted by molar-refractivity contribution is 7.98. The van der Waals surface area contributed by atoms with Crippen molar-refractivity contribution in [1.82, 2.24) is 4.98 Å². The first-order valence-electron chi connectivity index (χ1n) is 10.3. The van der Waals surface area contributed by atoms with E-state index in [1.807, 2.05) is 54.8 Å². The molecular formula is C26H21ClN2O3S2. The molecule has 1 heterocycles. The standard InChI is InChI=1S/C26H21ClN2O3S2/c1-33-19-12-13-21(22(16-19)20-9-6-10-23(27)25(20)34(2,31)32)26(30)29-18-8-5-7-17(15-18)24-11-3-4-14-28-24/h3-16H,1-2H3,(H,29,30). The van der Waals surface area contributed by atoms with Crippen molar-refractivity contribution in [3.63, 3.8) is 0 Å². The second-order valence-corrected chi connectivity index (χ2v) is 10.8. The molecule has 0 radical (unpaired) electrons. The molecule has 0 fully saturated rings. The molecule has 0 aliphatic rings. The van der Waals surface area contributed by atoms with Crippen LogP contribution in [0.1, 0.15) is 10.4 Å². The first kappa shape index (κ1) is 24.0. The van der Waals surface area contributed by atoms with Crippen molar-refractivity contribution in [2.75, 3.05) is 17.8 Å². The Morgan fingerprint density at radius 3 is 2.44 bits per heavy atom. The van der Waals surface area contributed by atoms with Gasteiger partial charge in [-0.1, -0.05) is 41.9 Å². The van der Waals surface area contributed by atoms with Gasteiger partial charge in [0.1, 0.15) is 0 Å². The Kier molecular flexibility index (Phi) is 7.07. The van der Waals surface area contributed by atoms with E-state index in [4.69, 9.17) is 11.6 Å². The molecule has 0 bridgehead atoms. The molecule has 1 N–H and O–H groups in total. The fourth-order valence-corrected chi connectivity index (χ4v) is 5.69. The molecule has 4 rings (SSSR count). The van der Waals surface area contributed by atoms with E-state index in [2.05, 4.69) is 10.3 Å². The van der Waals surface area contributed by atoms with Gasteiger partial charge in [-0.15, -0.1) is 11.8 Å². The summed E-state index contributed by atoms with van der Waals surface area (Å²) >= 11 is 7.78. The second-order valence-electron chi connectivity index (χ2n) is 7.55. The fourth-order valence-electron chi connectivity index (χ4n) is 3.66. The van der Waals surface area contributed by atoms with Crippen LogP contribution in [0.3, 0.4) is 0 Å². The molecule has 1 amide bonds. The highest BCUT2D eigenvalue weighted by Gasteiger charge is 2.23. The number of pyridine rings is 1. The highest BCUT2D eigenvalue weighted by atomic mass is 35.5. The van der Waals surface area contributed by atoms with E-state index in [1.165, 1.54) is 17.8 Å². The molecule has 0 aliphatic heterocycles. The molecule has 5 nitrogen and oxygen atoms in total. The predicted molar refractivity (Wildman–Crippen MR) is 139 cm³/mol. The highest BCUT2D eigenvalue weighted by Crippen LogP contribution is 2.37. The molecular weight excluding hydrogens is 488 g/mol. The number of carbonyl (C=O) groups is 1. The van der Waals surface area contributed by atoms with E-state index in [0.717, 1.165) is 22.4 Å². The lowest BCUT2D eigenvalue weighted by Gasteiger charge is -2.16. The van der Waals surface area contributed by atoms with E-state index >= 15 is 0 Å². The van der Waals surface area contributed by atoms with Gasteiger partial charge in [0.15, 0.2) is 9.84 Å². The predicted octanol–water partition coefficient (Wildman–Crippen LogP) is 6.45. The van der Waals surface area contributed by atoms with Crippen molar-refractivity contribution >= 4 is 44.8 Å². The minimum atomic E-state index is -3.65. The average Bonchev–Trinajstić information content (AvgIpc) is 2.83. The van der Waals surface area contributed by atoms with Crippen LogP contribution in [-0.4, -0.2) is 31.8 Å². The van der Waals surface area contributed by atoms with Crippen LogP contribution in [0, 0.1) is 0 Å². The number of thioether (sulfide) groups is 1. The lowest BCUT2D eigenvalue weighted by atomic mass is 9.98. The summed E-state index contributed by atoms with van der Waals surface area (Å²) in [5, 5.41) is 3.05. The van der Waals surface area contributed by atoms with Crippen molar-refractivity contribution < 1.29 is 13.2 Å². The van der Waals surface area contributed by atoms with Crippen LogP contribution < -0.4 is 5.32 Å². The van der Waals surface area contributed by atoms with Gasteiger partial charge in [-0.3, -0.25) is 9.78 Å². The van der Waals surface area contributed by atoms with E-state index in [0.29, 0.717) is 22.4 Å². The molecule has 0 unspecified atom stereocenters. The molecule has 172 valence electrons. The van der Waals surface area contributed by atoms with Crippen LogP contribution in [-0.2, 0) is 9.84 Å². The molecule has 0 saturated heterocycles. The summed E-state index contributed by atoms with van der Waals surface area (Å²) in [5.74, 6) is -0.361. The molecule has 0 atom stereocenters. The largest absolute Gasteiger partial charge is 0.322 e. The Hall–Kier alpha value is -3.13. The molecule has 0 aliphatic carbocycles. The SMILES string of the molecule is CSc1ccc(C(=O)Nc2cccc(-c3ccccn3)c2)c(-c2cccc(Cl)c2S(C)(=O)=O)c1. The average molecular weight is 509 g/mol. The van der Waals surface area contributed by atoms with Gasteiger partial charge < -0.3 is 5.32 Å². The summed E-state index contributed by atoms with van der Waals surface area (Å²) in [4.78, 5) is 18.6. The van der Waals surface area contributed by atoms with Gasteiger partial charge in [-0.05, 0) is 60.4 Å². The number of rotatable bonds is 6. The quantitative estimate of drug-likeness (QED) is 0.303. The Labute approximate surface area is 208 Å². The summed E-state index contributed by atoms with van der Waals surface area (Å²) < 4.78 is 25.1.